The van der Waals surface area contributed by atoms with E-state index in [9.17, 15) is 23.6 Å². The van der Waals surface area contributed by atoms with Gasteiger partial charge in [-0.3, -0.25) is 24.1 Å². The lowest BCUT2D eigenvalue weighted by atomic mass is 9.84. The van der Waals surface area contributed by atoms with Crippen LogP contribution in [0.5, 0.6) is 0 Å². The maximum atomic E-state index is 14.1. The number of hydrogen-bond acceptors (Lipinski definition) is 5. The molecule has 1 aromatic rings. The van der Waals surface area contributed by atoms with Crippen LogP contribution in [0.3, 0.4) is 0 Å². The highest BCUT2D eigenvalue weighted by Crippen LogP contribution is 2.27. The summed E-state index contributed by atoms with van der Waals surface area (Å²) >= 11 is 0. The number of likely N-dealkylation sites (tertiary alicyclic amines) is 2. The highest BCUT2D eigenvalue weighted by molar-refractivity contribution is 6.01. The van der Waals surface area contributed by atoms with Gasteiger partial charge in [0.2, 0.25) is 23.6 Å². The van der Waals surface area contributed by atoms with Gasteiger partial charge in [0.05, 0.1) is 12.1 Å². The maximum Gasteiger partial charge on any atom is 0.249 e. The average molecular weight is 628 g/mol. The zero-order valence-electron chi connectivity index (χ0n) is 28.7. The Labute approximate surface area is 269 Å². The molecule has 4 amide bonds. The molecule has 2 aliphatic rings. The summed E-state index contributed by atoms with van der Waals surface area (Å²) in [4.78, 5) is 59.9. The predicted molar refractivity (Wildman–Crippen MR) is 176 cm³/mol. The quantitative estimate of drug-likeness (QED) is 0.357. The fraction of sp³-hybridized carbons (Fsp3) is 0.657. The van der Waals surface area contributed by atoms with Crippen LogP contribution in [0.25, 0.3) is 0 Å². The molecule has 2 N–H and O–H groups in total. The van der Waals surface area contributed by atoms with Gasteiger partial charge in [-0.25, -0.2) is 4.39 Å². The van der Waals surface area contributed by atoms with Gasteiger partial charge >= 0.3 is 0 Å². The highest BCUT2D eigenvalue weighted by atomic mass is 19.1. The molecule has 0 spiro atoms. The lowest BCUT2D eigenvalue weighted by Gasteiger charge is -2.41. The minimum atomic E-state index is -0.755. The molecule has 2 aliphatic heterocycles. The zero-order chi connectivity index (χ0) is 33.6. The minimum Gasteiger partial charge on any atom is -0.342 e. The van der Waals surface area contributed by atoms with E-state index in [-0.39, 0.29) is 41.6 Å². The molecule has 4 atom stereocenters. The van der Waals surface area contributed by atoms with Crippen molar-refractivity contribution in [3.63, 3.8) is 0 Å². The molecule has 0 radical (unpaired) electrons. The smallest absolute Gasteiger partial charge is 0.249 e. The van der Waals surface area contributed by atoms with Crippen molar-refractivity contribution in [1.29, 1.82) is 0 Å². The molecule has 10 heteroatoms. The van der Waals surface area contributed by atoms with Crippen molar-refractivity contribution in [3.8, 4) is 0 Å². The van der Waals surface area contributed by atoms with Crippen LogP contribution in [0.4, 0.5) is 10.1 Å². The molecule has 250 valence electrons. The minimum absolute atomic E-state index is 0.0241. The van der Waals surface area contributed by atoms with E-state index in [1.165, 1.54) is 24.3 Å². The number of piperidine rings is 1. The molecule has 0 saturated carbocycles. The van der Waals surface area contributed by atoms with Gasteiger partial charge in [0.25, 0.3) is 0 Å². The van der Waals surface area contributed by atoms with Crippen LogP contribution in [0.2, 0.25) is 0 Å². The fourth-order valence-corrected chi connectivity index (χ4v) is 6.44. The summed E-state index contributed by atoms with van der Waals surface area (Å²) in [7, 11) is 1.72. The number of nitrogens with one attached hydrogen (secondary N) is 2. The van der Waals surface area contributed by atoms with Crippen molar-refractivity contribution < 1.29 is 23.6 Å². The topological polar surface area (TPSA) is 102 Å². The second-order valence-corrected chi connectivity index (χ2v) is 14.3. The molecule has 0 aliphatic carbocycles. The Morgan fingerprint density at radius 1 is 0.933 bits per heavy atom. The summed E-state index contributed by atoms with van der Waals surface area (Å²) in [5, 5.41) is 5.91. The largest absolute Gasteiger partial charge is 0.342 e. The molecule has 2 fully saturated rings. The van der Waals surface area contributed by atoms with Crippen molar-refractivity contribution >= 4 is 29.3 Å². The first kappa shape index (κ1) is 36.2. The zero-order valence-corrected chi connectivity index (χ0v) is 28.7. The number of amides is 4. The fourth-order valence-electron chi connectivity index (χ4n) is 6.44. The monoisotopic (exact) mass is 627 g/mol. The Balaban J connectivity index is 1.77. The van der Waals surface area contributed by atoms with Crippen LogP contribution in [0.15, 0.2) is 35.9 Å². The number of anilines is 1. The van der Waals surface area contributed by atoms with Crippen LogP contribution in [-0.4, -0.2) is 88.7 Å². The molecule has 9 nitrogen and oxygen atoms in total. The first-order valence-corrected chi connectivity index (χ1v) is 16.4. The molecular weight excluding hydrogens is 573 g/mol. The Morgan fingerprint density at radius 3 is 2.13 bits per heavy atom. The first-order valence-electron chi connectivity index (χ1n) is 16.4. The highest BCUT2D eigenvalue weighted by Gasteiger charge is 2.40. The molecule has 0 bridgehead atoms. The third-order valence-electron chi connectivity index (χ3n) is 9.07. The summed E-state index contributed by atoms with van der Waals surface area (Å²) in [6.07, 6.45) is 5.83. The van der Waals surface area contributed by atoms with Gasteiger partial charge < -0.3 is 20.4 Å². The van der Waals surface area contributed by atoms with Crippen LogP contribution < -0.4 is 10.6 Å². The molecule has 3 rings (SSSR count). The molecule has 2 saturated heterocycles. The summed E-state index contributed by atoms with van der Waals surface area (Å²) in [6, 6.07) is 3.67. The number of carbonyl (C=O) groups excluding carboxylic acids is 4. The molecule has 2 heterocycles. The first-order chi connectivity index (χ1) is 21.0. The van der Waals surface area contributed by atoms with Gasteiger partial charge in [-0.1, -0.05) is 47.1 Å². The van der Waals surface area contributed by atoms with E-state index < -0.39 is 29.4 Å². The second kappa shape index (κ2) is 15.3. The third-order valence-corrected chi connectivity index (χ3v) is 9.07. The molecular formula is C35H54FN5O4. The Hall–Kier alpha value is -3.27. The lowest BCUT2D eigenvalue weighted by molar-refractivity contribution is -0.142. The Bertz CT molecular complexity index is 1240. The number of nitrogens with zero attached hydrogens (tertiary/aromatic N) is 3. The van der Waals surface area contributed by atoms with E-state index in [0.717, 1.165) is 25.8 Å². The van der Waals surface area contributed by atoms with Crippen LogP contribution in [-0.2, 0) is 19.2 Å². The van der Waals surface area contributed by atoms with Gasteiger partial charge in [-0.2, -0.15) is 0 Å². The molecule has 0 aromatic heterocycles. The number of hydrogen-bond donors (Lipinski definition) is 2. The molecule has 1 aromatic carbocycles. The van der Waals surface area contributed by atoms with Crippen LogP contribution >= 0.6 is 0 Å². The molecule has 45 heavy (non-hydrogen) atoms. The summed E-state index contributed by atoms with van der Waals surface area (Å²) in [5.74, 6) is -1.32. The van der Waals surface area contributed by atoms with Crippen molar-refractivity contribution in [1.82, 2.24) is 20.0 Å². The summed E-state index contributed by atoms with van der Waals surface area (Å²) in [6.45, 7) is 17.0. The van der Waals surface area contributed by atoms with Crippen LogP contribution in [0.1, 0.15) is 87.5 Å². The lowest BCUT2D eigenvalue weighted by Crippen LogP contribution is -2.60. The second-order valence-electron chi connectivity index (χ2n) is 14.3. The number of carbonyl (C=O) groups is 4. The van der Waals surface area contributed by atoms with E-state index in [1.54, 1.807) is 29.8 Å². The van der Waals surface area contributed by atoms with E-state index in [2.05, 4.69) is 29.4 Å². The Morgan fingerprint density at radius 2 is 1.56 bits per heavy atom. The van der Waals surface area contributed by atoms with Gasteiger partial charge in [-0.05, 0) is 88.6 Å². The van der Waals surface area contributed by atoms with Gasteiger partial charge in [0, 0.05) is 30.9 Å². The third kappa shape index (κ3) is 9.15. The van der Waals surface area contributed by atoms with Gasteiger partial charge in [-0.15, -0.1) is 0 Å². The standard InChI is InChI=1S/C35H54FN5O4/c1-22(2)29(21-24(5)33(44)41-20-12-14-28(41)31(42)37-26-17-15-25(36)16-18-26)39(9)34(45)30(35(6,7)8)38-32(43)27-13-10-11-19-40(27)23(3)4/h15-18,21-23,27-30H,10-14,19-20H2,1-9H3,(H,37,42)(H,38,43)/b24-21+/t27-,28?,29-,30?/m1/s1. The summed E-state index contributed by atoms with van der Waals surface area (Å²) < 4.78 is 13.3. The van der Waals surface area contributed by atoms with E-state index in [0.29, 0.717) is 30.6 Å². The van der Waals surface area contributed by atoms with Crippen LogP contribution in [0, 0.1) is 17.2 Å². The number of rotatable bonds is 10. The van der Waals surface area contributed by atoms with Crippen molar-refractivity contribution in [2.24, 2.45) is 11.3 Å². The van der Waals surface area contributed by atoms with E-state index >= 15 is 0 Å². The number of benzene rings is 1. The van der Waals surface area contributed by atoms with Gasteiger partial charge in [0.15, 0.2) is 0 Å². The van der Waals surface area contributed by atoms with Crippen molar-refractivity contribution in [2.75, 3.05) is 25.5 Å². The summed E-state index contributed by atoms with van der Waals surface area (Å²) in [5.41, 5.74) is 0.365. The Kier molecular flexibility index (Phi) is 12.3. The van der Waals surface area contributed by atoms with Gasteiger partial charge in [0.1, 0.15) is 17.9 Å². The normalized spacial score (nSPS) is 21.1. The predicted octanol–water partition coefficient (Wildman–Crippen LogP) is 4.98. The van der Waals surface area contributed by atoms with Crippen molar-refractivity contribution in [2.45, 2.75) is 118 Å². The van der Waals surface area contributed by atoms with E-state index in [4.69, 9.17) is 0 Å². The SMILES string of the molecule is C/C(=C\[C@H](C(C)C)N(C)C(=O)C(NC(=O)[C@H]1CCCCN1C(C)C)C(C)(C)C)C(=O)N1CCCC1C(=O)Nc1ccc(F)cc1. The molecule has 2 unspecified atom stereocenters. The average Bonchev–Trinajstić information content (AvgIpc) is 3.48. The van der Waals surface area contributed by atoms with Crippen molar-refractivity contribution in [3.05, 3.63) is 41.7 Å². The van der Waals surface area contributed by atoms with E-state index in [1.807, 2.05) is 34.6 Å². The number of halogens is 1. The maximum absolute atomic E-state index is 14.1. The number of likely N-dealkylation sites (N-methyl/N-ethyl adjacent to an activating group) is 1.